The van der Waals surface area contributed by atoms with Crippen LogP contribution >= 0.6 is 23.1 Å². The summed E-state index contributed by atoms with van der Waals surface area (Å²) in [5.74, 6) is -0.296. The Morgan fingerprint density at radius 1 is 1.18 bits per heavy atom. The highest BCUT2D eigenvalue weighted by atomic mass is 32.2. The van der Waals surface area contributed by atoms with Crippen LogP contribution in [0.3, 0.4) is 0 Å². The fourth-order valence-electron chi connectivity index (χ4n) is 2.34. The van der Waals surface area contributed by atoms with Gasteiger partial charge in [-0.3, -0.25) is 4.79 Å². The molecule has 1 amide bonds. The number of thioether (sulfide) groups is 1. The minimum atomic E-state index is -0.635. The number of carbonyl (C=O) groups excluding carboxylic acids is 2. The van der Waals surface area contributed by atoms with Gasteiger partial charge in [-0.25, -0.2) is 9.78 Å². The maximum atomic E-state index is 12.2. The van der Waals surface area contributed by atoms with Gasteiger partial charge in [0.05, 0.1) is 7.11 Å². The number of thiazole rings is 1. The number of benzene rings is 2. The number of nitrogens with zero attached hydrogens (tertiary/aromatic N) is 1. The van der Waals surface area contributed by atoms with E-state index in [1.807, 2.05) is 48.7 Å². The Balaban J connectivity index is 1.56. The fraction of sp³-hybridized carbons (Fsp3) is 0.150. The summed E-state index contributed by atoms with van der Waals surface area (Å²) < 4.78 is 10.2. The molecule has 0 saturated carbocycles. The number of ether oxygens (including phenoxy) is 2. The molecule has 0 atom stereocenters. The van der Waals surface area contributed by atoms with Crippen LogP contribution in [0, 0.1) is 0 Å². The maximum absolute atomic E-state index is 12.2. The summed E-state index contributed by atoms with van der Waals surface area (Å²) >= 11 is 2.91. The van der Waals surface area contributed by atoms with Crippen LogP contribution in [0.25, 0.3) is 10.6 Å². The van der Waals surface area contributed by atoms with Gasteiger partial charge in [0.25, 0.3) is 5.91 Å². The molecular formula is C20H18N2O4S2. The monoisotopic (exact) mass is 414 g/mol. The Kier molecular flexibility index (Phi) is 6.67. The zero-order valence-corrected chi connectivity index (χ0v) is 16.9. The average Bonchev–Trinajstić information content (AvgIpc) is 3.22. The number of rotatable bonds is 7. The van der Waals surface area contributed by atoms with Crippen LogP contribution in [0.15, 0.2) is 58.8 Å². The Labute approximate surface area is 170 Å². The van der Waals surface area contributed by atoms with Crippen molar-refractivity contribution in [1.82, 2.24) is 4.98 Å². The summed E-state index contributed by atoms with van der Waals surface area (Å²) in [7, 11) is 1.60. The lowest BCUT2D eigenvalue weighted by atomic mass is 10.2. The second-order valence-corrected chi connectivity index (χ2v) is 7.36. The number of nitrogens with one attached hydrogen (secondary N) is 1. The highest BCUT2D eigenvalue weighted by molar-refractivity contribution is 7.98. The average molecular weight is 415 g/mol. The SMILES string of the molecule is COc1ccc(-c2nc(C(=O)OCC(=O)Nc3cccc(SC)c3)cs2)cc1. The minimum Gasteiger partial charge on any atom is -0.497 e. The lowest BCUT2D eigenvalue weighted by molar-refractivity contribution is -0.119. The van der Waals surface area contributed by atoms with Gasteiger partial charge in [-0.05, 0) is 48.7 Å². The Hall–Kier alpha value is -2.84. The summed E-state index contributed by atoms with van der Waals surface area (Å²) in [5.41, 5.74) is 1.70. The molecule has 1 N–H and O–H groups in total. The number of amides is 1. The predicted molar refractivity (Wildman–Crippen MR) is 111 cm³/mol. The number of carbonyl (C=O) groups is 2. The molecule has 0 aliphatic carbocycles. The summed E-state index contributed by atoms with van der Waals surface area (Å²) in [6.45, 7) is -0.377. The zero-order chi connectivity index (χ0) is 19.9. The van der Waals surface area contributed by atoms with Crippen molar-refractivity contribution in [3.05, 3.63) is 59.6 Å². The molecule has 0 radical (unpaired) electrons. The van der Waals surface area contributed by atoms with Crippen molar-refractivity contribution in [3.63, 3.8) is 0 Å². The molecule has 1 heterocycles. The quantitative estimate of drug-likeness (QED) is 0.458. The summed E-state index contributed by atoms with van der Waals surface area (Å²) in [5, 5.41) is 5.01. The van der Waals surface area contributed by atoms with Crippen LogP contribution < -0.4 is 10.1 Å². The molecule has 0 fully saturated rings. The summed E-state index contributed by atoms with van der Waals surface area (Å²) in [6.07, 6.45) is 1.96. The van der Waals surface area contributed by atoms with E-state index in [-0.39, 0.29) is 12.3 Å². The number of anilines is 1. The van der Waals surface area contributed by atoms with Gasteiger partial charge in [-0.1, -0.05) is 6.07 Å². The van der Waals surface area contributed by atoms with E-state index in [1.165, 1.54) is 11.3 Å². The smallest absolute Gasteiger partial charge is 0.358 e. The van der Waals surface area contributed by atoms with Gasteiger partial charge >= 0.3 is 5.97 Å². The second kappa shape index (κ2) is 9.38. The normalized spacial score (nSPS) is 10.4. The molecule has 28 heavy (non-hydrogen) atoms. The predicted octanol–water partition coefficient (Wildman–Crippen LogP) is 4.34. The molecule has 144 valence electrons. The van der Waals surface area contributed by atoms with E-state index in [1.54, 1.807) is 30.3 Å². The van der Waals surface area contributed by atoms with Gasteiger partial charge in [-0.15, -0.1) is 23.1 Å². The lowest BCUT2D eigenvalue weighted by Gasteiger charge is -2.07. The van der Waals surface area contributed by atoms with E-state index in [2.05, 4.69) is 10.3 Å². The minimum absolute atomic E-state index is 0.174. The fourth-order valence-corrected chi connectivity index (χ4v) is 3.59. The summed E-state index contributed by atoms with van der Waals surface area (Å²) in [6, 6.07) is 14.8. The van der Waals surface area contributed by atoms with Crippen molar-refractivity contribution >= 4 is 40.7 Å². The standard InChI is InChI=1S/C20H18N2O4S2/c1-25-15-8-6-13(7-9-15)19-22-17(12-28-19)20(24)26-11-18(23)21-14-4-3-5-16(10-14)27-2/h3-10,12H,11H2,1-2H3,(H,21,23). The molecule has 0 unspecified atom stereocenters. The first kappa shape index (κ1) is 19.9. The Morgan fingerprint density at radius 3 is 2.68 bits per heavy atom. The van der Waals surface area contributed by atoms with Crippen LogP contribution in [0.2, 0.25) is 0 Å². The molecule has 2 aromatic carbocycles. The van der Waals surface area contributed by atoms with Gasteiger partial charge in [0, 0.05) is 21.5 Å². The molecule has 0 aliphatic heterocycles. The van der Waals surface area contributed by atoms with E-state index < -0.39 is 11.9 Å². The van der Waals surface area contributed by atoms with E-state index in [9.17, 15) is 9.59 Å². The van der Waals surface area contributed by atoms with Crippen molar-refractivity contribution in [2.45, 2.75) is 4.90 Å². The molecule has 3 rings (SSSR count). The molecular weight excluding hydrogens is 396 g/mol. The van der Waals surface area contributed by atoms with Gasteiger partial charge < -0.3 is 14.8 Å². The third-order valence-electron chi connectivity index (χ3n) is 3.74. The maximum Gasteiger partial charge on any atom is 0.358 e. The van der Waals surface area contributed by atoms with Crippen LogP contribution in [-0.4, -0.2) is 36.8 Å². The van der Waals surface area contributed by atoms with Crippen LogP contribution in [0.5, 0.6) is 5.75 Å². The van der Waals surface area contributed by atoms with Gasteiger partial charge in [0.1, 0.15) is 10.8 Å². The van der Waals surface area contributed by atoms with Crippen molar-refractivity contribution in [3.8, 4) is 16.3 Å². The van der Waals surface area contributed by atoms with Gasteiger partial charge in [0.2, 0.25) is 0 Å². The molecule has 1 aromatic heterocycles. The van der Waals surface area contributed by atoms with Gasteiger partial charge in [0.15, 0.2) is 12.3 Å². The third kappa shape index (κ3) is 5.11. The molecule has 0 bridgehead atoms. The summed E-state index contributed by atoms with van der Waals surface area (Å²) in [4.78, 5) is 29.5. The molecule has 0 aliphatic rings. The zero-order valence-electron chi connectivity index (χ0n) is 15.3. The van der Waals surface area contributed by atoms with Crippen molar-refractivity contribution in [2.24, 2.45) is 0 Å². The Bertz CT molecular complexity index is 970. The topological polar surface area (TPSA) is 77.5 Å². The highest BCUT2D eigenvalue weighted by Crippen LogP contribution is 2.26. The van der Waals surface area contributed by atoms with Gasteiger partial charge in [-0.2, -0.15) is 0 Å². The number of methoxy groups -OCH3 is 1. The lowest BCUT2D eigenvalue weighted by Crippen LogP contribution is -2.21. The Morgan fingerprint density at radius 2 is 1.96 bits per heavy atom. The molecule has 6 nitrogen and oxygen atoms in total. The molecule has 3 aromatic rings. The largest absolute Gasteiger partial charge is 0.497 e. The molecule has 0 saturated heterocycles. The number of esters is 1. The molecule has 8 heteroatoms. The van der Waals surface area contributed by atoms with E-state index in [4.69, 9.17) is 9.47 Å². The van der Waals surface area contributed by atoms with Crippen LogP contribution in [0.1, 0.15) is 10.5 Å². The number of aromatic nitrogens is 1. The first-order valence-electron chi connectivity index (χ1n) is 8.30. The van der Waals surface area contributed by atoms with Crippen LogP contribution in [0.4, 0.5) is 5.69 Å². The van der Waals surface area contributed by atoms with Crippen LogP contribution in [-0.2, 0) is 9.53 Å². The van der Waals surface area contributed by atoms with E-state index >= 15 is 0 Å². The second-order valence-electron chi connectivity index (χ2n) is 5.62. The number of hydrogen-bond donors (Lipinski definition) is 1. The van der Waals surface area contributed by atoms with Crippen molar-refractivity contribution in [1.29, 1.82) is 0 Å². The van der Waals surface area contributed by atoms with E-state index in [0.717, 1.165) is 16.2 Å². The molecule has 0 spiro atoms. The van der Waals surface area contributed by atoms with Crippen molar-refractivity contribution < 1.29 is 19.1 Å². The first-order chi connectivity index (χ1) is 13.6. The first-order valence-corrected chi connectivity index (χ1v) is 10.4. The third-order valence-corrected chi connectivity index (χ3v) is 5.35. The number of hydrogen-bond acceptors (Lipinski definition) is 7. The van der Waals surface area contributed by atoms with Crippen molar-refractivity contribution in [2.75, 3.05) is 25.3 Å². The highest BCUT2D eigenvalue weighted by Gasteiger charge is 2.15. The van der Waals surface area contributed by atoms with E-state index in [0.29, 0.717) is 10.7 Å².